The van der Waals surface area contributed by atoms with E-state index in [0.29, 0.717) is 29.5 Å². The van der Waals surface area contributed by atoms with Crippen LogP contribution in [0.5, 0.6) is 17.2 Å². The minimum Gasteiger partial charge on any atom is -0.493 e. The molecule has 7 nitrogen and oxygen atoms in total. The summed E-state index contributed by atoms with van der Waals surface area (Å²) in [4.78, 5) is 27.3. The number of fused-ring (bicyclic) bond motifs is 1. The van der Waals surface area contributed by atoms with Gasteiger partial charge in [0.15, 0.2) is 11.5 Å². The van der Waals surface area contributed by atoms with Crippen molar-refractivity contribution in [3.8, 4) is 17.2 Å². The molecule has 1 heterocycles. The van der Waals surface area contributed by atoms with Crippen LogP contribution in [0.25, 0.3) is 0 Å². The minimum absolute atomic E-state index is 0.0401. The molecule has 166 valence electrons. The first-order valence-corrected chi connectivity index (χ1v) is 10.4. The molecule has 0 saturated carbocycles. The summed E-state index contributed by atoms with van der Waals surface area (Å²) >= 11 is 0. The summed E-state index contributed by atoms with van der Waals surface area (Å²) < 4.78 is 16.5. The van der Waals surface area contributed by atoms with E-state index >= 15 is 0 Å². The fraction of sp³-hybridized carbons (Fsp3) is 0.417. The molecule has 0 saturated heterocycles. The summed E-state index contributed by atoms with van der Waals surface area (Å²) in [5.41, 5.74) is 1.54. The molecule has 1 aliphatic heterocycles. The average molecular weight is 427 g/mol. The van der Waals surface area contributed by atoms with Crippen molar-refractivity contribution < 1.29 is 23.8 Å². The molecule has 1 N–H and O–H groups in total. The van der Waals surface area contributed by atoms with Crippen LogP contribution in [0.3, 0.4) is 0 Å². The second-order valence-corrected chi connectivity index (χ2v) is 8.23. The van der Waals surface area contributed by atoms with E-state index in [4.69, 9.17) is 14.2 Å². The zero-order valence-electron chi connectivity index (χ0n) is 18.8. The summed E-state index contributed by atoms with van der Waals surface area (Å²) in [6.45, 7) is 6.70. The number of ether oxygens (including phenoxy) is 3. The van der Waals surface area contributed by atoms with Gasteiger partial charge in [0.2, 0.25) is 11.8 Å². The van der Waals surface area contributed by atoms with Gasteiger partial charge in [-0.3, -0.25) is 9.59 Å². The highest BCUT2D eigenvalue weighted by Gasteiger charge is 2.37. The van der Waals surface area contributed by atoms with E-state index in [9.17, 15) is 9.59 Å². The standard InChI is InChI=1S/C24H30N2O5/c1-6-11-26-18-9-8-17(14-20(18)31-15-24(2,3)23(26)28)25-22(27)13-16-7-10-19(29-4)21(12-16)30-5/h7-10,12,14H,6,11,13,15H2,1-5H3,(H,25,27). The number of nitrogens with one attached hydrogen (secondary N) is 1. The Hall–Kier alpha value is -3.22. The number of carbonyl (C=O) groups is 2. The summed E-state index contributed by atoms with van der Waals surface area (Å²) in [6, 6.07) is 10.8. The summed E-state index contributed by atoms with van der Waals surface area (Å²) in [5, 5.41) is 2.91. The Bertz CT molecular complexity index is 970. The number of amides is 2. The van der Waals surface area contributed by atoms with Crippen LogP contribution in [-0.4, -0.2) is 39.2 Å². The highest BCUT2D eigenvalue weighted by Crippen LogP contribution is 2.38. The summed E-state index contributed by atoms with van der Waals surface area (Å²) in [7, 11) is 3.13. The van der Waals surface area contributed by atoms with E-state index in [1.165, 1.54) is 0 Å². The lowest BCUT2D eigenvalue weighted by Crippen LogP contribution is -2.42. The number of anilines is 2. The Balaban J connectivity index is 1.77. The van der Waals surface area contributed by atoms with Gasteiger partial charge in [-0.2, -0.15) is 0 Å². The summed E-state index contributed by atoms with van der Waals surface area (Å²) in [5.74, 6) is 1.66. The zero-order chi connectivity index (χ0) is 22.6. The SMILES string of the molecule is CCCN1C(=O)C(C)(C)COc2cc(NC(=O)Cc3ccc(OC)c(OC)c3)ccc21. The Morgan fingerprint density at radius 1 is 1.13 bits per heavy atom. The number of hydrogen-bond acceptors (Lipinski definition) is 5. The first-order chi connectivity index (χ1) is 14.8. The maximum absolute atomic E-state index is 12.9. The number of carbonyl (C=O) groups excluding carboxylic acids is 2. The third-order valence-electron chi connectivity index (χ3n) is 5.21. The predicted molar refractivity (Wildman–Crippen MR) is 120 cm³/mol. The molecular weight excluding hydrogens is 396 g/mol. The van der Waals surface area contributed by atoms with Gasteiger partial charge in [0, 0.05) is 18.3 Å². The molecule has 2 aromatic carbocycles. The fourth-order valence-electron chi connectivity index (χ4n) is 3.55. The molecule has 1 aliphatic rings. The molecule has 0 fully saturated rings. The van der Waals surface area contributed by atoms with Gasteiger partial charge in [-0.05, 0) is 50.1 Å². The van der Waals surface area contributed by atoms with Gasteiger partial charge in [0.05, 0.1) is 31.7 Å². The van der Waals surface area contributed by atoms with E-state index < -0.39 is 5.41 Å². The maximum Gasteiger partial charge on any atom is 0.236 e. The smallest absolute Gasteiger partial charge is 0.236 e. The van der Waals surface area contributed by atoms with Crippen molar-refractivity contribution in [2.75, 3.05) is 37.6 Å². The Kier molecular flexibility index (Phi) is 6.73. The molecular formula is C24H30N2O5. The van der Waals surface area contributed by atoms with Gasteiger partial charge >= 0.3 is 0 Å². The van der Waals surface area contributed by atoms with Crippen LogP contribution in [0.1, 0.15) is 32.8 Å². The van der Waals surface area contributed by atoms with E-state index in [0.717, 1.165) is 17.7 Å². The van der Waals surface area contributed by atoms with Crippen molar-refractivity contribution in [1.29, 1.82) is 0 Å². The quantitative estimate of drug-likeness (QED) is 0.723. The molecule has 7 heteroatoms. The van der Waals surface area contributed by atoms with Crippen LogP contribution in [0.4, 0.5) is 11.4 Å². The molecule has 0 atom stereocenters. The van der Waals surface area contributed by atoms with Gasteiger partial charge < -0.3 is 24.4 Å². The third-order valence-corrected chi connectivity index (χ3v) is 5.21. The van der Waals surface area contributed by atoms with E-state index in [-0.39, 0.29) is 24.8 Å². The van der Waals surface area contributed by atoms with Crippen molar-refractivity contribution in [3.05, 3.63) is 42.0 Å². The second-order valence-electron chi connectivity index (χ2n) is 8.23. The largest absolute Gasteiger partial charge is 0.493 e. The van der Waals surface area contributed by atoms with Crippen LogP contribution < -0.4 is 24.4 Å². The highest BCUT2D eigenvalue weighted by molar-refractivity contribution is 6.00. The molecule has 0 radical (unpaired) electrons. The molecule has 2 amide bonds. The molecule has 0 aromatic heterocycles. The van der Waals surface area contributed by atoms with Crippen LogP contribution in [0, 0.1) is 5.41 Å². The van der Waals surface area contributed by atoms with Crippen LogP contribution >= 0.6 is 0 Å². The lowest BCUT2D eigenvalue weighted by Gasteiger charge is -2.27. The van der Waals surface area contributed by atoms with Gasteiger partial charge in [0.1, 0.15) is 12.4 Å². The lowest BCUT2D eigenvalue weighted by molar-refractivity contribution is -0.127. The number of methoxy groups -OCH3 is 2. The van der Waals surface area contributed by atoms with Crippen molar-refractivity contribution in [2.24, 2.45) is 5.41 Å². The molecule has 0 spiro atoms. The van der Waals surface area contributed by atoms with E-state index in [2.05, 4.69) is 5.32 Å². The number of rotatable bonds is 7. The normalized spacial score (nSPS) is 14.9. The maximum atomic E-state index is 12.9. The van der Waals surface area contributed by atoms with Crippen molar-refractivity contribution in [3.63, 3.8) is 0 Å². The zero-order valence-corrected chi connectivity index (χ0v) is 18.8. The molecule has 0 unspecified atom stereocenters. The van der Waals surface area contributed by atoms with Gasteiger partial charge in [-0.15, -0.1) is 0 Å². The Morgan fingerprint density at radius 3 is 2.55 bits per heavy atom. The molecule has 0 aliphatic carbocycles. The third kappa shape index (κ3) is 4.93. The highest BCUT2D eigenvalue weighted by atomic mass is 16.5. The molecule has 2 aromatic rings. The number of nitrogens with zero attached hydrogens (tertiary/aromatic N) is 1. The van der Waals surface area contributed by atoms with Gasteiger partial charge in [-0.25, -0.2) is 0 Å². The monoisotopic (exact) mass is 426 g/mol. The molecule has 31 heavy (non-hydrogen) atoms. The lowest BCUT2D eigenvalue weighted by atomic mass is 9.93. The van der Waals surface area contributed by atoms with Crippen molar-refractivity contribution >= 4 is 23.2 Å². The van der Waals surface area contributed by atoms with E-state index in [1.54, 1.807) is 43.4 Å². The van der Waals surface area contributed by atoms with Crippen LogP contribution in [0.2, 0.25) is 0 Å². The van der Waals surface area contributed by atoms with Crippen LogP contribution in [-0.2, 0) is 16.0 Å². The van der Waals surface area contributed by atoms with Crippen LogP contribution in [0.15, 0.2) is 36.4 Å². The minimum atomic E-state index is -0.620. The molecule has 0 bridgehead atoms. The van der Waals surface area contributed by atoms with Crippen molar-refractivity contribution in [2.45, 2.75) is 33.6 Å². The Morgan fingerprint density at radius 2 is 1.87 bits per heavy atom. The van der Waals surface area contributed by atoms with E-state index in [1.807, 2.05) is 32.9 Å². The topological polar surface area (TPSA) is 77.1 Å². The fourth-order valence-corrected chi connectivity index (χ4v) is 3.55. The molecule has 3 rings (SSSR count). The van der Waals surface area contributed by atoms with Crippen molar-refractivity contribution in [1.82, 2.24) is 0 Å². The number of benzene rings is 2. The number of hydrogen-bond donors (Lipinski definition) is 1. The predicted octanol–water partition coefficient (Wildman–Crippen LogP) is 4.05. The summed E-state index contributed by atoms with van der Waals surface area (Å²) in [6.07, 6.45) is 1.02. The Labute approximate surface area is 183 Å². The second kappa shape index (κ2) is 9.29. The van der Waals surface area contributed by atoms with Gasteiger partial charge in [0.25, 0.3) is 0 Å². The van der Waals surface area contributed by atoms with Gasteiger partial charge in [-0.1, -0.05) is 13.0 Å². The first kappa shape index (κ1) is 22.5. The average Bonchev–Trinajstić information content (AvgIpc) is 2.84. The first-order valence-electron chi connectivity index (χ1n) is 10.4.